The lowest BCUT2D eigenvalue weighted by Gasteiger charge is -1.97. The number of aliphatic imine (C=N–C) groups is 1. The Balaban J connectivity index is 2.74. The molecule has 0 bridgehead atoms. The van der Waals surface area contributed by atoms with Crippen molar-refractivity contribution in [2.24, 2.45) is 10.7 Å². The van der Waals surface area contributed by atoms with Crippen LogP contribution in [0.3, 0.4) is 0 Å². The fourth-order valence-electron chi connectivity index (χ4n) is 0.910. The van der Waals surface area contributed by atoms with E-state index in [0.29, 0.717) is 13.1 Å². The summed E-state index contributed by atoms with van der Waals surface area (Å²) in [6, 6.07) is 8.08. The van der Waals surface area contributed by atoms with Crippen LogP contribution in [0.2, 0.25) is 0 Å². The van der Waals surface area contributed by atoms with E-state index in [4.69, 9.17) is 5.73 Å². The molecule has 0 aromatic heterocycles. The molecule has 0 radical (unpaired) electrons. The Morgan fingerprint density at radius 1 is 1.18 bits per heavy atom. The molecule has 2 nitrogen and oxygen atoms in total. The average molecular weight is 148 g/mol. The van der Waals surface area contributed by atoms with Crippen molar-refractivity contribution in [3.05, 3.63) is 35.4 Å². The molecule has 0 aliphatic heterocycles. The fourth-order valence-corrected chi connectivity index (χ4v) is 0.910. The molecule has 0 spiro atoms. The maximum atomic E-state index is 5.44. The van der Waals surface area contributed by atoms with Gasteiger partial charge in [0, 0.05) is 6.54 Å². The standard InChI is InChI=1S/C9H12N2/c1-11-7-9-4-2-8(6-10)3-5-9/h2-5H,1,6-7,10H2. The van der Waals surface area contributed by atoms with Crippen LogP contribution < -0.4 is 5.73 Å². The molecular formula is C9H12N2. The Bertz CT molecular complexity index is 226. The minimum Gasteiger partial charge on any atom is -0.326 e. The van der Waals surface area contributed by atoms with E-state index in [-0.39, 0.29) is 0 Å². The molecule has 0 saturated heterocycles. The quantitative estimate of drug-likeness (QED) is 0.645. The minimum atomic E-state index is 0.599. The van der Waals surface area contributed by atoms with E-state index in [2.05, 4.69) is 11.7 Å². The molecule has 0 amide bonds. The first kappa shape index (κ1) is 7.95. The number of hydrogen-bond donors (Lipinski definition) is 1. The zero-order chi connectivity index (χ0) is 8.10. The summed E-state index contributed by atoms with van der Waals surface area (Å²) in [5.74, 6) is 0. The minimum absolute atomic E-state index is 0.599. The van der Waals surface area contributed by atoms with Crippen LogP contribution in [0.15, 0.2) is 29.3 Å². The van der Waals surface area contributed by atoms with Crippen LogP contribution >= 0.6 is 0 Å². The highest BCUT2D eigenvalue weighted by atomic mass is 14.7. The Kier molecular flexibility index (Phi) is 2.81. The topological polar surface area (TPSA) is 38.4 Å². The molecule has 0 unspecified atom stereocenters. The van der Waals surface area contributed by atoms with Gasteiger partial charge in [-0.2, -0.15) is 0 Å². The van der Waals surface area contributed by atoms with Crippen molar-refractivity contribution in [2.75, 3.05) is 0 Å². The summed E-state index contributed by atoms with van der Waals surface area (Å²) in [6.45, 7) is 4.71. The number of nitrogens with zero attached hydrogens (tertiary/aromatic N) is 1. The van der Waals surface area contributed by atoms with Crippen LogP contribution in [-0.4, -0.2) is 6.72 Å². The third kappa shape index (κ3) is 2.16. The molecule has 0 saturated carbocycles. The van der Waals surface area contributed by atoms with Gasteiger partial charge in [0.1, 0.15) is 0 Å². The molecule has 2 N–H and O–H groups in total. The fraction of sp³-hybridized carbons (Fsp3) is 0.222. The lowest BCUT2D eigenvalue weighted by atomic mass is 10.1. The summed E-state index contributed by atoms with van der Waals surface area (Å²) in [6.07, 6.45) is 0. The van der Waals surface area contributed by atoms with Crippen LogP contribution in [0.1, 0.15) is 11.1 Å². The van der Waals surface area contributed by atoms with E-state index in [9.17, 15) is 0 Å². The predicted octanol–water partition coefficient (Wildman–Crippen LogP) is 1.35. The van der Waals surface area contributed by atoms with Gasteiger partial charge in [-0.05, 0) is 17.8 Å². The second-order valence-electron chi connectivity index (χ2n) is 2.40. The van der Waals surface area contributed by atoms with Crippen molar-refractivity contribution in [2.45, 2.75) is 13.1 Å². The lowest BCUT2D eigenvalue weighted by molar-refractivity contribution is 1.04. The summed E-state index contributed by atoms with van der Waals surface area (Å²) in [7, 11) is 0. The largest absolute Gasteiger partial charge is 0.326 e. The van der Waals surface area contributed by atoms with Crippen molar-refractivity contribution < 1.29 is 0 Å². The highest BCUT2D eigenvalue weighted by Crippen LogP contribution is 2.04. The van der Waals surface area contributed by atoms with Gasteiger partial charge in [0.2, 0.25) is 0 Å². The third-order valence-electron chi connectivity index (χ3n) is 1.55. The summed E-state index contributed by atoms with van der Waals surface area (Å²) in [5.41, 5.74) is 7.77. The summed E-state index contributed by atoms with van der Waals surface area (Å²) in [5, 5.41) is 0. The van der Waals surface area contributed by atoms with Gasteiger partial charge in [-0.3, -0.25) is 4.99 Å². The van der Waals surface area contributed by atoms with E-state index in [0.717, 1.165) is 5.56 Å². The van der Waals surface area contributed by atoms with Gasteiger partial charge in [-0.25, -0.2) is 0 Å². The van der Waals surface area contributed by atoms with Crippen LogP contribution in [-0.2, 0) is 13.1 Å². The lowest BCUT2D eigenvalue weighted by Crippen LogP contribution is -1.95. The monoisotopic (exact) mass is 148 g/mol. The maximum Gasteiger partial charge on any atom is 0.0632 e. The van der Waals surface area contributed by atoms with Crippen molar-refractivity contribution in [1.82, 2.24) is 0 Å². The second kappa shape index (κ2) is 3.88. The molecule has 1 aromatic rings. The molecular weight excluding hydrogens is 136 g/mol. The molecule has 0 aliphatic carbocycles. The van der Waals surface area contributed by atoms with Gasteiger partial charge in [0.15, 0.2) is 0 Å². The molecule has 0 fully saturated rings. The van der Waals surface area contributed by atoms with Gasteiger partial charge >= 0.3 is 0 Å². The van der Waals surface area contributed by atoms with Crippen molar-refractivity contribution in [1.29, 1.82) is 0 Å². The normalized spacial score (nSPS) is 9.55. The molecule has 2 heteroatoms. The first-order valence-electron chi connectivity index (χ1n) is 3.57. The van der Waals surface area contributed by atoms with Gasteiger partial charge in [0.05, 0.1) is 6.54 Å². The van der Waals surface area contributed by atoms with Crippen molar-refractivity contribution in [3.63, 3.8) is 0 Å². The second-order valence-corrected chi connectivity index (χ2v) is 2.40. The predicted molar refractivity (Wildman–Crippen MR) is 47.6 cm³/mol. The summed E-state index contributed by atoms with van der Waals surface area (Å²) in [4.78, 5) is 3.78. The van der Waals surface area contributed by atoms with Crippen LogP contribution in [0, 0.1) is 0 Å². The summed E-state index contributed by atoms with van der Waals surface area (Å²) >= 11 is 0. The van der Waals surface area contributed by atoms with E-state index in [1.807, 2.05) is 24.3 Å². The van der Waals surface area contributed by atoms with E-state index in [1.54, 1.807) is 0 Å². The molecule has 58 valence electrons. The van der Waals surface area contributed by atoms with Crippen molar-refractivity contribution >= 4 is 6.72 Å². The number of nitrogens with two attached hydrogens (primary N) is 1. The molecule has 1 aromatic carbocycles. The summed E-state index contributed by atoms with van der Waals surface area (Å²) < 4.78 is 0. The first-order valence-corrected chi connectivity index (χ1v) is 3.57. The Morgan fingerprint density at radius 2 is 1.73 bits per heavy atom. The van der Waals surface area contributed by atoms with Crippen LogP contribution in [0.25, 0.3) is 0 Å². The van der Waals surface area contributed by atoms with E-state index < -0.39 is 0 Å². The van der Waals surface area contributed by atoms with Gasteiger partial charge in [0.25, 0.3) is 0 Å². The molecule has 11 heavy (non-hydrogen) atoms. The first-order chi connectivity index (χ1) is 5.36. The third-order valence-corrected chi connectivity index (χ3v) is 1.55. The average Bonchev–Trinajstić information content (AvgIpc) is 2.07. The highest BCUT2D eigenvalue weighted by Gasteiger charge is 1.89. The number of rotatable bonds is 3. The molecule has 0 aliphatic rings. The van der Waals surface area contributed by atoms with E-state index in [1.165, 1.54) is 5.56 Å². The molecule has 0 atom stereocenters. The van der Waals surface area contributed by atoms with Crippen molar-refractivity contribution in [3.8, 4) is 0 Å². The SMILES string of the molecule is C=NCc1ccc(CN)cc1. The highest BCUT2D eigenvalue weighted by molar-refractivity contribution is 5.27. The smallest absolute Gasteiger partial charge is 0.0632 e. The number of hydrogen-bond acceptors (Lipinski definition) is 2. The number of benzene rings is 1. The Hall–Kier alpha value is -1.15. The molecule has 1 rings (SSSR count). The van der Waals surface area contributed by atoms with Gasteiger partial charge < -0.3 is 5.73 Å². The Morgan fingerprint density at radius 3 is 2.18 bits per heavy atom. The van der Waals surface area contributed by atoms with Crippen LogP contribution in [0.5, 0.6) is 0 Å². The zero-order valence-corrected chi connectivity index (χ0v) is 6.46. The maximum absolute atomic E-state index is 5.44. The van der Waals surface area contributed by atoms with E-state index >= 15 is 0 Å². The zero-order valence-electron chi connectivity index (χ0n) is 6.46. The molecule has 0 heterocycles. The van der Waals surface area contributed by atoms with Gasteiger partial charge in [-0.1, -0.05) is 24.3 Å². The van der Waals surface area contributed by atoms with Gasteiger partial charge in [-0.15, -0.1) is 0 Å². The Labute approximate surface area is 66.8 Å². The van der Waals surface area contributed by atoms with Crippen LogP contribution in [0.4, 0.5) is 0 Å².